The van der Waals surface area contributed by atoms with Crippen LogP contribution in [0, 0.1) is 0 Å². The van der Waals surface area contributed by atoms with E-state index in [9.17, 15) is 100 Å². The molecule has 4 aliphatic heterocycles. The van der Waals surface area contributed by atoms with Crippen molar-refractivity contribution in [2.45, 2.75) is 127 Å². The Balaban J connectivity index is 0.000000220. The molecule has 4 atom stereocenters. The molecule has 0 saturated heterocycles. The predicted molar refractivity (Wildman–Crippen MR) is 556 cm³/mol. The van der Waals surface area contributed by atoms with Crippen molar-refractivity contribution in [3.8, 4) is 0 Å². The van der Waals surface area contributed by atoms with Crippen LogP contribution in [0.5, 0.6) is 0 Å². The van der Waals surface area contributed by atoms with Crippen molar-refractivity contribution in [3.63, 3.8) is 0 Å². The minimum absolute atomic E-state index is 0. The number of anilines is 5. The number of hydrogen-bond donors (Lipinski definition) is 6. The van der Waals surface area contributed by atoms with Gasteiger partial charge in [0.05, 0.1) is 53.3 Å². The third-order valence-electron chi connectivity index (χ3n) is 23.4. The van der Waals surface area contributed by atoms with Crippen molar-refractivity contribution >= 4 is 151 Å². The lowest BCUT2D eigenvalue weighted by atomic mass is 9.76. The molecular formula is C106H102Cl6F15IN13O7+. The van der Waals surface area contributed by atoms with E-state index < -0.39 is 110 Å². The van der Waals surface area contributed by atoms with Crippen LogP contribution in [0.2, 0.25) is 25.1 Å². The fourth-order valence-electron chi connectivity index (χ4n) is 17.1. The van der Waals surface area contributed by atoms with Gasteiger partial charge in [-0.1, -0.05) is 268 Å². The molecule has 148 heavy (non-hydrogen) atoms. The standard InChI is InChI=1S/C24H22ClF3N3O2.C24H21ClF3N3O.C18H16ClF3N2O.C16H12ClF3N2O2.C13H10ClNO.C6H6ClN.C2H4F3N.CH3I.2CH4/c1-2-23(18-6-4-3-5-7-18)20-14-19(25)8-9-21(20)30(15-17-10-12-29(33)13-11-17)22(32)31(23)16-24(26,27)28;1-2-23(18-6-4-3-5-7-18)20-14-19(25)8-9-21(20)30(15-17-10-12-29-13-11-17)22(32)31(23)16-24(26,27)28;1-2-17(12-6-4-3-5-7-12)14-10-13(19)8-9-15(14)23-16(25)24(17)11-18(20,21)22;17-11-6-7-13-12(8-11)16(24,10-4-2-1-3-5-10)22(14(23)21-13)9-15(18,19)20;14-10-6-7-12(15)11(8-10)13(16)9-4-2-1-3-5-9;7-5-6-1-3-8-4-2-6;3-2(4,5)1-6;1-2;;/h3-14,33H,2,15-16H2,1H3;3-14H,2,15-16H2,1H3;3-10H,2,11H2,1H3,(H,23,25);1-8,24H,9H2,(H,21,23);1-8H,15H2;1-4H,5H2;1,6H2;1H3;2*1H4/q+1;;;;;;;;;/i;;;;;;;1D;;. The van der Waals surface area contributed by atoms with Gasteiger partial charge >= 0.3 is 55.0 Å². The van der Waals surface area contributed by atoms with E-state index in [2.05, 4.69) is 26.3 Å². The van der Waals surface area contributed by atoms with Gasteiger partial charge in [-0.05, 0) is 173 Å². The lowest BCUT2D eigenvalue weighted by molar-refractivity contribution is -0.904. The first-order valence-corrected chi connectivity index (χ1v) is 48.0. The van der Waals surface area contributed by atoms with E-state index in [1.54, 1.807) is 264 Å². The van der Waals surface area contributed by atoms with E-state index in [1.165, 1.54) is 52.5 Å². The molecule has 7 heterocycles. The zero-order valence-electron chi connectivity index (χ0n) is 78.4. The predicted octanol–water partition coefficient (Wildman–Crippen LogP) is 29.1. The molecule has 0 spiro atoms. The van der Waals surface area contributed by atoms with Crippen LogP contribution >= 0.6 is 92.2 Å². The summed E-state index contributed by atoms with van der Waals surface area (Å²) in [6.07, 6.45) is -12.4. The zero-order chi connectivity index (χ0) is 108. The Morgan fingerprint density at radius 2 is 0.723 bits per heavy atom. The summed E-state index contributed by atoms with van der Waals surface area (Å²) in [5, 5.41) is 27.5. The number of halogens is 22. The molecule has 0 aliphatic carbocycles. The summed E-state index contributed by atoms with van der Waals surface area (Å²) in [5.74, 6) is 0.461. The first kappa shape index (κ1) is 119. The average molecular weight is 2300 g/mol. The number of pyridine rings is 3. The summed E-state index contributed by atoms with van der Waals surface area (Å²) in [6, 6.07) is 74.1. The van der Waals surface area contributed by atoms with E-state index >= 15 is 0 Å². The summed E-state index contributed by atoms with van der Waals surface area (Å²) in [6.45, 7) is -1.55. The number of nitrogens with zero attached hydrogens (tertiary/aromatic N) is 9. The van der Waals surface area contributed by atoms with Gasteiger partial charge in [-0.3, -0.25) is 34.7 Å². The van der Waals surface area contributed by atoms with Crippen LogP contribution in [0.3, 0.4) is 0 Å². The minimum atomic E-state index is -4.68. The highest BCUT2D eigenvalue weighted by atomic mass is 127. The second-order valence-corrected chi connectivity index (χ2v) is 35.0. The van der Waals surface area contributed by atoms with Crippen LogP contribution in [0.1, 0.15) is 133 Å². The number of carbonyl (C=O) groups excluding carboxylic acids is 5. The fourth-order valence-corrected chi connectivity index (χ4v) is 18.1. The number of carbonyl (C=O) groups is 5. The van der Waals surface area contributed by atoms with E-state index in [0.717, 1.165) is 30.6 Å². The SMILES string of the molecule is C.C.CCC1(c2ccccc2)c2cc(Cl)ccc2N(Cc2cc[n+](O)cc2)C(=O)N1CC(F)(F)F.CCC1(c2ccccc2)c2cc(Cl)ccc2N(Cc2ccncc2)C(=O)N1CC(F)(F)F.CCC1(c2ccccc2)c2cc(Cl)ccc2NC(=O)N1CC(F)(F)F.ClCc1ccncc1.NCC(F)(F)F.Nc1ccc(Cl)cc1C(=O)c1ccccc1.O=C1Nc2ccc(Cl)cc2C(O)(c2ccccc2)N1CC(F)(F)F.[2H]CI. The van der Waals surface area contributed by atoms with Crippen molar-refractivity contribution < 1.29 is 106 Å². The molecule has 0 saturated carbocycles. The molecule has 42 heteroatoms. The maximum atomic E-state index is 13.8. The Hall–Kier alpha value is -12.7. The van der Waals surface area contributed by atoms with Gasteiger partial charge in [-0.2, -0.15) is 65.9 Å². The maximum absolute atomic E-state index is 13.8. The minimum Gasteiger partial charge on any atom is -0.398 e. The molecule has 17 rings (SSSR count). The van der Waals surface area contributed by atoms with Crippen LogP contribution in [-0.4, -0.2) is 138 Å². The molecule has 8 N–H and O–H groups in total. The van der Waals surface area contributed by atoms with Crippen LogP contribution in [0.25, 0.3) is 0 Å². The molecule has 4 aliphatic rings. The van der Waals surface area contributed by atoms with E-state index in [4.69, 9.17) is 76.7 Å². The Bertz CT molecular complexity index is 6600. The molecule has 20 nitrogen and oxygen atoms in total. The number of nitrogens with one attached hydrogen (secondary N) is 2. The van der Waals surface area contributed by atoms with Crippen molar-refractivity contribution in [2.24, 2.45) is 5.73 Å². The average Bonchev–Trinajstić information content (AvgIpc) is 0.623. The zero-order valence-corrected chi connectivity index (χ0v) is 84.1. The van der Waals surface area contributed by atoms with Crippen molar-refractivity contribution in [2.75, 3.05) is 63.8 Å². The molecule has 3 aromatic heterocycles. The Labute approximate surface area is 890 Å². The lowest BCUT2D eigenvalue weighted by Crippen LogP contribution is -2.61. The van der Waals surface area contributed by atoms with Gasteiger partial charge in [-0.15, -0.1) is 11.6 Å². The highest BCUT2D eigenvalue weighted by Crippen LogP contribution is 2.54. The first-order chi connectivity index (χ1) is 69.5. The second kappa shape index (κ2) is 52.5. The molecule has 0 bridgehead atoms. The number of rotatable bonds is 18. The summed E-state index contributed by atoms with van der Waals surface area (Å²) in [7, 11) is 0. The molecular weight excluding hydrogens is 2190 g/mol. The highest BCUT2D eigenvalue weighted by Gasteiger charge is 2.57. The maximum Gasteiger partial charge on any atom is 0.406 e. The topological polar surface area (TPSA) is 251 Å². The highest BCUT2D eigenvalue weighted by molar-refractivity contribution is 14.1. The molecule has 786 valence electrons. The van der Waals surface area contributed by atoms with Gasteiger partial charge < -0.3 is 41.9 Å². The van der Waals surface area contributed by atoms with Gasteiger partial charge in [0.1, 0.15) is 26.2 Å². The first-order valence-electron chi connectivity index (χ1n) is 44.8. The van der Waals surface area contributed by atoms with Gasteiger partial charge in [0, 0.05) is 124 Å². The largest absolute Gasteiger partial charge is 0.406 e. The number of hydrogen-bond acceptors (Lipinski definition) is 11. The van der Waals surface area contributed by atoms with Gasteiger partial charge in [0.25, 0.3) is 0 Å². The number of fused-ring (bicyclic) bond motifs is 4. The quantitative estimate of drug-likeness (QED) is 0.00896. The van der Waals surface area contributed by atoms with Crippen LogP contribution in [0.4, 0.5) is 113 Å². The number of nitrogens with two attached hydrogens (primary N) is 2. The van der Waals surface area contributed by atoms with E-state index in [-0.39, 0.29) is 74.8 Å². The number of aliphatic hydroxyl groups is 1. The summed E-state index contributed by atoms with van der Waals surface area (Å²) in [4.78, 5) is 78.3. The number of aromatic nitrogens is 3. The van der Waals surface area contributed by atoms with Crippen molar-refractivity contribution in [3.05, 3.63) is 414 Å². The molecule has 0 radical (unpaired) electrons. The van der Waals surface area contributed by atoms with Crippen molar-refractivity contribution in [1.29, 1.82) is 0 Å². The van der Waals surface area contributed by atoms with Gasteiger partial charge in [0.2, 0.25) is 12.4 Å². The van der Waals surface area contributed by atoms with E-state index in [1.807, 2.05) is 52.9 Å². The van der Waals surface area contributed by atoms with Gasteiger partial charge in [0.15, 0.2) is 11.5 Å². The monoisotopic (exact) mass is 2290 g/mol. The van der Waals surface area contributed by atoms with Crippen molar-refractivity contribution in [1.82, 2.24) is 29.6 Å². The molecule has 10 aromatic carbocycles. The third kappa shape index (κ3) is 29.7. The Morgan fingerprint density at radius 1 is 0.419 bits per heavy atom. The molecule has 8 amide bonds. The number of alkyl halides is 17. The number of amides is 8. The third-order valence-corrected chi connectivity index (χ3v) is 24.9. The van der Waals surface area contributed by atoms with Crippen LogP contribution in [-0.2, 0) is 41.3 Å². The van der Waals surface area contributed by atoms with Gasteiger partial charge in [-0.25, -0.2) is 19.2 Å². The number of benzene rings is 10. The van der Waals surface area contributed by atoms with E-state index in [0.29, 0.717) is 109 Å². The molecule has 0 fully saturated rings. The van der Waals surface area contributed by atoms with Crippen LogP contribution in [0.15, 0.2) is 316 Å². The Kier molecular flexibility index (Phi) is 42.2. The number of nitrogen functional groups attached to an aromatic ring is 1. The second-order valence-electron chi connectivity index (χ2n) is 32.6. The fraction of sp³-hybridized carbons (Fsp3) is 0.245. The summed E-state index contributed by atoms with van der Waals surface area (Å²) >= 11 is 38.0. The molecule has 4 unspecified atom stereocenters. The lowest BCUT2D eigenvalue weighted by Gasteiger charge is -2.51. The Morgan fingerprint density at radius 3 is 1.09 bits per heavy atom. The number of ketones is 1. The van der Waals surface area contributed by atoms with Crippen LogP contribution < -0.4 is 36.6 Å². The number of urea groups is 4. The smallest absolute Gasteiger partial charge is 0.398 e. The summed E-state index contributed by atoms with van der Waals surface area (Å²) in [5.41, 5.74) is 13.1. The normalized spacial score (nSPS) is 17.1. The molecule has 13 aromatic rings. The summed E-state index contributed by atoms with van der Waals surface area (Å²) < 4.78 is 200.